The second kappa shape index (κ2) is 7.57. The van der Waals surface area contributed by atoms with E-state index in [2.05, 4.69) is 14.5 Å². The van der Waals surface area contributed by atoms with Crippen LogP contribution in [-0.4, -0.2) is 23.9 Å². The van der Waals surface area contributed by atoms with Gasteiger partial charge in [-0.3, -0.25) is 4.79 Å². The first-order valence-corrected chi connectivity index (χ1v) is 6.49. The Morgan fingerprint density at radius 3 is 2.45 bits per heavy atom. The van der Waals surface area contributed by atoms with E-state index in [1.54, 1.807) is 0 Å². The molecule has 0 fully saturated rings. The van der Waals surface area contributed by atoms with Gasteiger partial charge in [-0.25, -0.2) is 13.8 Å². The summed E-state index contributed by atoms with van der Waals surface area (Å²) in [6.45, 7) is 1.47. The summed E-state index contributed by atoms with van der Waals surface area (Å²) in [5.41, 5.74) is -1.47. The van der Waals surface area contributed by atoms with Crippen LogP contribution in [0.3, 0.4) is 0 Å². The molecule has 0 saturated heterocycles. The minimum Gasteiger partial charge on any atom is -0.466 e. The van der Waals surface area contributed by atoms with Crippen LogP contribution < -0.4 is 4.74 Å². The lowest BCUT2D eigenvalue weighted by Crippen LogP contribution is -2.21. The largest absolute Gasteiger partial charge is 0.574 e. The number of ether oxygens (including phenoxy) is 2. The van der Waals surface area contributed by atoms with Crippen LogP contribution in [0.15, 0.2) is 6.20 Å². The van der Waals surface area contributed by atoms with Crippen LogP contribution in [0.1, 0.15) is 30.0 Å². The Bertz CT molecular complexity index is 536. The Hall–Kier alpha value is -1.64. The SMILES string of the molecule is CCOC(=O)Cc1c(OC(F)(F)F)ncc(C(F)F)c1CCl. The molecule has 0 amide bonds. The van der Waals surface area contributed by atoms with Gasteiger partial charge in [0.15, 0.2) is 0 Å². The summed E-state index contributed by atoms with van der Waals surface area (Å²) in [5, 5.41) is 0. The smallest absolute Gasteiger partial charge is 0.466 e. The van der Waals surface area contributed by atoms with Crippen LogP contribution >= 0.6 is 11.6 Å². The summed E-state index contributed by atoms with van der Waals surface area (Å²) in [5.74, 6) is -2.44. The molecule has 0 aromatic carbocycles. The molecule has 0 aliphatic rings. The van der Waals surface area contributed by atoms with Crippen molar-refractivity contribution in [2.24, 2.45) is 0 Å². The van der Waals surface area contributed by atoms with E-state index in [1.165, 1.54) is 6.92 Å². The third-order valence-electron chi connectivity index (χ3n) is 2.50. The quantitative estimate of drug-likeness (QED) is 0.446. The maximum absolute atomic E-state index is 12.9. The molecule has 0 unspecified atom stereocenters. The highest BCUT2D eigenvalue weighted by atomic mass is 35.5. The monoisotopic (exact) mass is 347 g/mol. The number of hydrogen-bond donors (Lipinski definition) is 0. The van der Waals surface area contributed by atoms with E-state index >= 15 is 0 Å². The Balaban J connectivity index is 3.34. The number of aromatic nitrogens is 1. The van der Waals surface area contributed by atoms with Crippen LogP contribution in [0.2, 0.25) is 0 Å². The molecule has 10 heteroatoms. The van der Waals surface area contributed by atoms with E-state index in [0.717, 1.165) is 0 Å². The molecule has 0 spiro atoms. The van der Waals surface area contributed by atoms with Crippen molar-refractivity contribution < 1.29 is 36.2 Å². The fourth-order valence-electron chi connectivity index (χ4n) is 1.67. The molecule has 1 aromatic heterocycles. The number of rotatable bonds is 6. The molecule has 0 aliphatic heterocycles. The van der Waals surface area contributed by atoms with Crippen LogP contribution in [0.25, 0.3) is 0 Å². The third kappa shape index (κ3) is 4.97. The normalized spacial score (nSPS) is 11.6. The zero-order chi connectivity index (χ0) is 16.9. The summed E-state index contributed by atoms with van der Waals surface area (Å²) >= 11 is 5.53. The molecular weight excluding hydrogens is 337 g/mol. The van der Waals surface area contributed by atoms with Crippen molar-refractivity contribution in [2.45, 2.75) is 32.0 Å². The summed E-state index contributed by atoms with van der Waals surface area (Å²) in [6, 6.07) is 0. The predicted octanol–water partition coefficient (Wildman–Crippen LogP) is 3.76. The number of esters is 1. The van der Waals surface area contributed by atoms with E-state index in [9.17, 15) is 26.7 Å². The lowest BCUT2D eigenvalue weighted by molar-refractivity contribution is -0.276. The maximum Gasteiger partial charge on any atom is 0.574 e. The van der Waals surface area contributed by atoms with Gasteiger partial charge in [0.1, 0.15) is 0 Å². The molecule has 0 radical (unpaired) electrons. The molecule has 0 aliphatic carbocycles. The van der Waals surface area contributed by atoms with Gasteiger partial charge in [0.2, 0.25) is 5.88 Å². The highest BCUT2D eigenvalue weighted by Crippen LogP contribution is 2.33. The topological polar surface area (TPSA) is 48.4 Å². The molecule has 0 N–H and O–H groups in total. The van der Waals surface area contributed by atoms with Gasteiger partial charge >= 0.3 is 12.3 Å². The van der Waals surface area contributed by atoms with Crippen LogP contribution in [-0.2, 0) is 21.8 Å². The molecule has 124 valence electrons. The third-order valence-corrected chi connectivity index (χ3v) is 2.77. The second-order valence-corrected chi connectivity index (χ2v) is 4.21. The second-order valence-electron chi connectivity index (χ2n) is 3.94. The van der Waals surface area contributed by atoms with E-state index < -0.39 is 48.1 Å². The molecule has 0 bridgehead atoms. The number of nitrogens with zero attached hydrogens (tertiary/aromatic N) is 1. The van der Waals surface area contributed by atoms with Crippen LogP contribution in [0, 0.1) is 0 Å². The van der Waals surface area contributed by atoms with Crippen molar-refractivity contribution in [1.82, 2.24) is 4.98 Å². The van der Waals surface area contributed by atoms with Gasteiger partial charge < -0.3 is 9.47 Å². The predicted molar refractivity (Wildman–Crippen MR) is 65.8 cm³/mol. The first-order valence-electron chi connectivity index (χ1n) is 5.95. The number of carbonyl (C=O) groups excluding carboxylic acids is 1. The summed E-state index contributed by atoms with van der Waals surface area (Å²) < 4.78 is 71.0. The number of hydrogen-bond acceptors (Lipinski definition) is 4. The molecule has 0 atom stereocenters. The molecule has 1 rings (SSSR count). The Morgan fingerprint density at radius 1 is 1.36 bits per heavy atom. The minimum absolute atomic E-state index is 0.0214. The Morgan fingerprint density at radius 2 is 2.00 bits per heavy atom. The lowest BCUT2D eigenvalue weighted by Gasteiger charge is -2.17. The van der Waals surface area contributed by atoms with Crippen molar-refractivity contribution in [3.63, 3.8) is 0 Å². The maximum atomic E-state index is 12.9. The summed E-state index contributed by atoms with van der Waals surface area (Å²) in [4.78, 5) is 14.7. The lowest BCUT2D eigenvalue weighted by atomic mass is 10.0. The molecule has 1 heterocycles. The fraction of sp³-hybridized carbons (Fsp3) is 0.500. The van der Waals surface area contributed by atoms with E-state index in [0.29, 0.717) is 6.20 Å². The zero-order valence-electron chi connectivity index (χ0n) is 11.2. The Labute approximate surface area is 127 Å². The number of alkyl halides is 6. The first-order chi connectivity index (χ1) is 10.2. The molecule has 1 aromatic rings. The van der Waals surface area contributed by atoms with Gasteiger partial charge in [-0.2, -0.15) is 0 Å². The molecule has 0 saturated carbocycles. The van der Waals surface area contributed by atoms with E-state index in [1.807, 2.05) is 0 Å². The van der Waals surface area contributed by atoms with Crippen molar-refractivity contribution in [3.05, 3.63) is 22.9 Å². The average molecular weight is 348 g/mol. The standard InChI is InChI=1S/C12H11ClF5NO3/c1-2-21-9(20)3-6-7(4-13)8(10(14)15)5-19-11(6)22-12(16,17)18/h5,10H,2-4H2,1H3. The summed E-state index contributed by atoms with van der Waals surface area (Å²) in [6.07, 6.45) is -8.28. The first kappa shape index (κ1) is 18.4. The van der Waals surface area contributed by atoms with Crippen molar-refractivity contribution in [2.75, 3.05) is 6.61 Å². The van der Waals surface area contributed by atoms with Crippen molar-refractivity contribution in [1.29, 1.82) is 0 Å². The number of pyridine rings is 1. The van der Waals surface area contributed by atoms with Gasteiger partial charge in [-0.05, 0) is 12.5 Å². The van der Waals surface area contributed by atoms with Gasteiger partial charge in [-0.1, -0.05) is 0 Å². The van der Waals surface area contributed by atoms with Crippen LogP contribution in [0.4, 0.5) is 22.0 Å². The minimum atomic E-state index is -5.09. The zero-order valence-corrected chi connectivity index (χ0v) is 12.0. The summed E-state index contributed by atoms with van der Waals surface area (Å²) in [7, 11) is 0. The van der Waals surface area contributed by atoms with Gasteiger partial charge in [0, 0.05) is 23.2 Å². The van der Waals surface area contributed by atoms with Crippen LogP contribution in [0.5, 0.6) is 5.88 Å². The highest BCUT2D eigenvalue weighted by molar-refractivity contribution is 6.17. The number of carbonyl (C=O) groups is 1. The average Bonchev–Trinajstić information content (AvgIpc) is 2.38. The molecular formula is C12H11ClF5NO3. The molecule has 22 heavy (non-hydrogen) atoms. The van der Waals surface area contributed by atoms with E-state index in [4.69, 9.17) is 11.6 Å². The Kier molecular flexibility index (Phi) is 6.34. The van der Waals surface area contributed by atoms with Gasteiger partial charge in [0.05, 0.1) is 13.0 Å². The van der Waals surface area contributed by atoms with Gasteiger partial charge in [0.25, 0.3) is 6.43 Å². The van der Waals surface area contributed by atoms with E-state index in [-0.39, 0.29) is 12.2 Å². The molecule has 4 nitrogen and oxygen atoms in total. The highest BCUT2D eigenvalue weighted by Gasteiger charge is 2.34. The fourth-order valence-corrected chi connectivity index (χ4v) is 1.99. The van der Waals surface area contributed by atoms with Gasteiger partial charge in [-0.15, -0.1) is 24.8 Å². The van der Waals surface area contributed by atoms with Crippen molar-refractivity contribution in [3.8, 4) is 5.88 Å². The van der Waals surface area contributed by atoms with Crippen molar-refractivity contribution >= 4 is 17.6 Å². The number of halogens is 6.